The van der Waals surface area contributed by atoms with Gasteiger partial charge in [0.15, 0.2) is 0 Å². The first-order valence-electron chi connectivity index (χ1n) is 3.07. The topological polar surface area (TPSA) is 41.1 Å². The number of amides is 2. The van der Waals surface area contributed by atoms with E-state index < -0.39 is 0 Å². The van der Waals surface area contributed by atoms with E-state index in [9.17, 15) is 4.79 Å². The number of urea groups is 1. The third-order valence-corrected chi connectivity index (χ3v) is 0.788. The second-order valence-electron chi connectivity index (χ2n) is 1.64. The van der Waals surface area contributed by atoms with Crippen molar-refractivity contribution < 1.29 is 4.79 Å². The molecule has 0 aromatic heterocycles. The van der Waals surface area contributed by atoms with E-state index in [4.69, 9.17) is 0 Å². The largest absolute Gasteiger partial charge is 0.334 e. The van der Waals surface area contributed by atoms with Crippen molar-refractivity contribution in [3.05, 3.63) is 24.9 Å². The van der Waals surface area contributed by atoms with Gasteiger partial charge >= 0.3 is 6.03 Å². The number of nitrogens with one attached hydrogen (secondary N) is 2. The van der Waals surface area contributed by atoms with Gasteiger partial charge in [-0.25, -0.2) is 4.79 Å². The molecule has 3 nitrogen and oxygen atoms in total. The minimum atomic E-state index is -0.210. The Morgan fingerprint density at radius 1 is 1.70 bits per heavy atom. The average molecular weight is 140 g/mol. The summed E-state index contributed by atoms with van der Waals surface area (Å²) in [5, 5.41) is 5.04. The highest BCUT2D eigenvalue weighted by molar-refractivity contribution is 5.74. The first-order chi connectivity index (χ1) is 4.81. The molecule has 10 heavy (non-hydrogen) atoms. The Morgan fingerprint density at radius 3 is 2.90 bits per heavy atom. The molecule has 0 aliphatic heterocycles. The molecular weight excluding hydrogens is 128 g/mol. The quantitative estimate of drug-likeness (QED) is 0.564. The van der Waals surface area contributed by atoms with Gasteiger partial charge in [0.1, 0.15) is 0 Å². The molecule has 2 amide bonds. The third-order valence-electron chi connectivity index (χ3n) is 0.788. The Labute approximate surface area is 60.8 Å². The predicted octanol–water partition coefficient (Wildman–Crippen LogP) is 1.01. The number of carbonyl (C=O) groups excluding carboxylic acids is 1. The van der Waals surface area contributed by atoms with Crippen LogP contribution in [0.25, 0.3) is 0 Å². The van der Waals surface area contributed by atoms with Gasteiger partial charge in [0.05, 0.1) is 0 Å². The van der Waals surface area contributed by atoms with Gasteiger partial charge in [-0.2, -0.15) is 0 Å². The summed E-state index contributed by atoms with van der Waals surface area (Å²) >= 11 is 0. The zero-order valence-electron chi connectivity index (χ0n) is 6.05. The standard InChI is InChI=1S/C7H12N2O/c1-3-5-8-7(10)9-6-4-2/h3-4,6H,1,5H2,2H3,(H2,8,9,10)/b6-4+. The van der Waals surface area contributed by atoms with E-state index in [1.165, 1.54) is 0 Å². The van der Waals surface area contributed by atoms with Crippen molar-refractivity contribution in [3.63, 3.8) is 0 Å². The maximum absolute atomic E-state index is 10.6. The van der Waals surface area contributed by atoms with Crippen LogP contribution in [0, 0.1) is 0 Å². The van der Waals surface area contributed by atoms with E-state index in [0.717, 1.165) is 0 Å². The van der Waals surface area contributed by atoms with Crippen LogP contribution in [0.4, 0.5) is 4.79 Å². The number of rotatable bonds is 3. The Kier molecular flexibility index (Phi) is 5.14. The highest BCUT2D eigenvalue weighted by Gasteiger charge is 1.89. The Hall–Kier alpha value is -1.25. The van der Waals surface area contributed by atoms with Crippen LogP contribution >= 0.6 is 0 Å². The summed E-state index contributed by atoms with van der Waals surface area (Å²) < 4.78 is 0. The van der Waals surface area contributed by atoms with Crippen molar-refractivity contribution >= 4 is 6.03 Å². The molecule has 0 aliphatic rings. The Morgan fingerprint density at radius 2 is 2.40 bits per heavy atom. The molecular formula is C7H12N2O. The highest BCUT2D eigenvalue weighted by atomic mass is 16.2. The predicted molar refractivity (Wildman–Crippen MR) is 41.5 cm³/mol. The van der Waals surface area contributed by atoms with Crippen LogP contribution in [-0.4, -0.2) is 12.6 Å². The van der Waals surface area contributed by atoms with E-state index >= 15 is 0 Å². The van der Waals surface area contributed by atoms with Crippen molar-refractivity contribution in [3.8, 4) is 0 Å². The lowest BCUT2D eigenvalue weighted by Crippen LogP contribution is -2.31. The highest BCUT2D eigenvalue weighted by Crippen LogP contribution is 1.67. The Balaban J connectivity index is 3.34. The lowest BCUT2D eigenvalue weighted by atomic mass is 10.6. The van der Waals surface area contributed by atoms with E-state index in [0.29, 0.717) is 6.54 Å². The zero-order chi connectivity index (χ0) is 7.82. The molecule has 0 aromatic rings. The summed E-state index contributed by atoms with van der Waals surface area (Å²) in [4.78, 5) is 10.6. The molecule has 0 fully saturated rings. The van der Waals surface area contributed by atoms with Crippen molar-refractivity contribution in [2.24, 2.45) is 0 Å². The minimum absolute atomic E-state index is 0.210. The normalized spacial score (nSPS) is 9.30. The molecule has 0 heterocycles. The molecule has 3 heteroatoms. The summed E-state index contributed by atoms with van der Waals surface area (Å²) in [6.07, 6.45) is 4.93. The van der Waals surface area contributed by atoms with Crippen LogP contribution < -0.4 is 10.6 Å². The first-order valence-corrected chi connectivity index (χ1v) is 3.07. The summed E-state index contributed by atoms with van der Waals surface area (Å²) in [7, 11) is 0. The summed E-state index contributed by atoms with van der Waals surface area (Å²) in [5.41, 5.74) is 0. The van der Waals surface area contributed by atoms with E-state index in [1.807, 2.05) is 6.92 Å². The lowest BCUT2D eigenvalue weighted by molar-refractivity contribution is 0.245. The molecule has 0 spiro atoms. The average Bonchev–Trinajstić information content (AvgIpc) is 1.97. The fourth-order valence-corrected chi connectivity index (χ4v) is 0.375. The molecule has 0 unspecified atom stereocenters. The second-order valence-corrected chi connectivity index (χ2v) is 1.64. The molecule has 0 radical (unpaired) electrons. The van der Waals surface area contributed by atoms with Crippen LogP contribution in [0.5, 0.6) is 0 Å². The van der Waals surface area contributed by atoms with E-state index in [2.05, 4.69) is 17.2 Å². The van der Waals surface area contributed by atoms with Gasteiger partial charge in [-0.3, -0.25) is 0 Å². The molecule has 0 bridgehead atoms. The van der Waals surface area contributed by atoms with Gasteiger partial charge in [0.25, 0.3) is 0 Å². The lowest BCUT2D eigenvalue weighted by Gasteiger charge is -1.98. The van der Waals surface area contributed by atoms with Gasteiger partial charge in [-0.05, 0) is 6.92 Å². The van der Waals surface area contributed by atoms with Gasteiger partial charge < -0.3 is 10.6 Å². The maximum atomic E-state index is 10.6. The number of carbonyl (C=O) groups is 1. The van der Waals surface area contributed by atoms with Crippen LogP contribution in [-0.2, 0) is 0 Å². The molecule has 0 saturated carbocycles. The molecule has 0 rings (SSSR count). The first kappa shape index (κ1) is 8.75. The SMILES string of the molecule is C=CCNC(=O)N/C=C/C. The van der Waals surface area contributed by atoms with Crippen LogP contribution in [0.1, 0.15) is 6.92 Å². The molecule has 0 atom stereocenters. The van der Waals surface area contributed by atoms with Gasteiger partial charge in [0.2, 0.25) is 0 Å². The van der Waals surface area contributed by atoms with E-state index in [-0.39, 0.29) is 6.03 Å². The van der Waals surface area contributed by atoms with Crippen molar-refractivity contribution in [1.82, 2.24) is 10.6 Å². The van der Waals surface area contributed by atoms with Crippen LogP contribution in [0.2, 0.25) is 0 Å². The molecule has 0 saturated heterocycles. The summed E-state index contributed by atoms with van der Waals surface area (Å²) in [6.45, 7) is 5.77. The van der Waals surface area contributed by atoms with Gasteiger partial charge in [0, 0.05) is 12.7 Å². The molecule has 2 N–H and O–H groups in total. The minimum Gasteiger partial charge on any atom is -0.334 e. The monoisotopic (exact) mass is 140 g/mol. The molecule has 56 valence electrons. The zero-order valence-corrected chi connectivity index (χ0v) is 6.05. The maximum Gasteiger partial charge on any atom is 0.318 e. The van der Waals surface area contributed by atoms with Crippen molar-refractivity contribution in [2.75, 3.05) is 6.54 Å². The fraction of sp³-hybridized carbons (Fsp3) is 0.286. The summed E-state index contributed by atoms with van der Waals surface area (Å²) in [6, 6.07) is -0.210. The second kappa shape index (κ2) is 5.88. The van der Waals surface area contributed by atoms with Crippen LogP contribution in [0.15, 0.2) is 24.9 Å². The van der Waals surface area contributed by atoms with Gasteiger partial charge in [-0.15, -0.1) is 6.58 Å². The van der Waals surface area contributed by atoms with Crippen molar-refractivity contribution in [1.29, 1.82) is 0 Å². The fourth-order valence-electron chi connectivity index (χ4n) is 0.375. The van der Waals surface area contributed by atoms with Crippen LogP contribution in [0.3, 0.4) is 0 Å². The smallest absolute Gasteiger partial charge is 0.318 e. The molecule has 0 aromatic carbocycles. The number of allylic oxidation sites excluding steroid dienone is 1. The Bertz CT molecular complexity index is 141. The number of hydrogen-bond acceptors (Lipinski definition) is 1. The number of hydrogen-bond donors (Lipinski definition) is 2. The summed E-state index contributed by atoms with van der Waals surface area (Å²) in [5.74, 6) is 0. The van der Waals surface area contributed by atoms with Crippen molar-refractivity contribution in [2.45, 2.75) is 6.92 Å². The van der Waals surface area contributed by atoms with E-state index in [1.54, 1.807) is 18.4 Å². The molecule has 0 aliphatic carbocycles. The third kappa shape index (κ3) is 4.90. The van der Waals surface area contributed by atoms with Gasteiger partial charge in [-0.1, -0.05) is 12.2 Å².